The molecule has 7 heteroatoms. The molecular weight excluding hydrogens is 284 g/mol. The third kappa shape index (κ3) is 3.09. The lowest BCUT2D eigenvalue weighted by Crippen LogP contribution is -2.54. The Hall–Kier alpha value is -1.63. The van der Waals surface area contributed by atoms with Crippen molar-refractivity contribution < 1.29 is 19.4 Å². The molecule has 4 N–H and O–H groups in total. The van der Waals surface area contributed by atoms with Gasteiger partial charge in [0.1, 0.15) is 5.54 Å². The largest absolute Gasteiger partial charge is 0.478 e. The van der Waals surface area contributed by atoms with Crippen LogP contribution >= 0.6 is 11.6 Å². The van der Waals surface area contributed by atoms with Crippen LogP contribution < -0.4 is 11.1 Å². The maximum atomic E-state index is 12.2. The maximum absolute atomic E-state index is 12.2. The van der Waals surface area contributed by atoms with Gasteiger partial charge in [-0.05, 0) is 31.0 Å². The zero-order valence-corrected chi connectivity index (χ0v) is 11.4. The number of halogens is 1. The number of nitrogens with two attached hydrogens (primary N) is 1. The highest BCUT2D eigenvalue weighted by Crippen LogP contribution is 2.26. The summed E-state index contributed by atoms with van der Waals surface area (Å²) in [5.41, 5.74) is 5.32. The van der Waals surface area contributed by atoms with Gasteiger partial charge in [-0.1, -0.05) is 11.6 Å². The molecule has 0 unspecified atom stereocenters. The van der Waals surface area contributed by atoms with Crippen LogP contribution in [0.4, 0.5) is 5.69 Å². The Morgan fingerprint density at radius 3 is 2.60 bits per heavy atom. The van der Waals surface area contributed by atoms with E-state index in [1.54, 1.807) is 0 Å². The highest BCUT2D eigenvalue weighted by molar-refractivity contribution is 6.34. The summed E-state index contributed by atoms with van der Waals surface area (Å²) in [5, 5.41) is 11.8. The first-order valence-electron chi connectivity index (χ1n) is 6.13. The quantitative estimate of drug-likeness (QED) is 0.784. The smallest absolute Gasteiger partial charge is 0.335 e. The van der Waals surface area contributed by atoms with Crippen LogP contribution in [0.5, 0.6) is 0 Å². The number of carbonyl (C=O) groups is 2. The van der Waals surface area contributed by atoms with Gasteiger partial charge < -0.3 is 20.9 Å². The number of aromatic carboxylic acids is 1. The summed E-state index contributed by atoms with van der Waals surface area (Å²) in [7, 11) is 0. The number of hydrogen-bond donors (Lipinski definition) is 3. The van der Waals surface area contributed by atoms with Crippen molar-refractivity contribution in [2.24, 2.45) is 5.73 Å². The molecule has 1 fully saturated rings. The van der Waals surface area contributed by atoms with Crippen molar-refractivity contribution in [3.8, 4) is 0 Å². The molecule has 1 aromatic rings. The summed E-state index contributed by atoms with van der Waals surface area (Å²) in [6, 6.07) is 4.10. The summed E-state index contributed by atoms with van der Waals surface area (Å²) in [6.07, 6.45) is 0.824. The molecule has 1 heterocycles. The van der Waals surface area contributed by atoms with Crippen LogP contribution in [0.15, 0.2) is 18.2 Å². The minimum Gasteiger partial charge on any atom is -0.478 e. The Morgan fingerprint density at radius 2 is 2.00 bits per heavy atom. The van der Waals surface area contributed by atoms with E-state index in [4.69, 9.17) is 27.2 Å². The van der Waals surface area contributed by atoms with Gasteiger partial charge in [-0.25, -0.2) is 4.79 Å². The molecule has 1 amide bonds. The van der Waals surface area contributed by atoms with Gasteiger partial charge >= 0.3 is 5.97 Å². The lowest BCUT2D eigenvalue weighted by atomic mass is 9.90. The van der Waals surface area contributed by atoms with E-state index in [1.165, 1.54) is 18.2 Å². The van der Waals surface area contributed by atoms with Crippen LogP contribution in [-0.2, 0) is 9.53 Å². The number of carboxylic acid groups (broad SMARTS) is 1. The number of rotatable bonds is 3. The number of amides is 1. The number of hydrogen-bond acceptors (Lipinski definition) is 4. The number of nitrogens with one attached hydrogen (secondary N) is 1. The molecule has 0 atom stereocenters. The Balaban J connectivity index is 2.18. The van der Waals surface area contributed by atoms with Crippen LogP contribution in [0.2, 0.25) is 5.02 Å². The maximum Gasteiger partial charge on any atom is 0.335 e. The number of carbonyl (C=O) groups excluding carboxylic acids is 1. The Bertz CT molecular complexity index is 541. The fourth-order valence-electron chi connectivity index (χ4n) is 1.96. The van der Waals surface area contributed by atoms with E-state index in [-0.39, 0.29) is 22.2 Å². The predicted molar refractivity (Wildman–Crippen MR) is 74.0 cm³/mol. The minimum atomic E-state index is -1.09. The molecule has 0 saturated carbocycles. The Labute approximate surface area is 120 Å². The first-order valence-corrected chi connectivity index (χ1v) is 6.51. The van der Waals surface area contributed by atoms with Crippen LogP contribution in [0.25, 0.3) is 0 Å². The summed E-state index contributed by atoms with van der Waals surface area (Å²) < 4.78 is 5.18. The topological polar surface area (TPSA) is 102 Å². The van der Waals surface area contributed by atoms with E-state index in [1.807, 2.05) is 0 Å². The van der Waals surface area contributed by atoms with Gasteiger partial charge in [-0.15, -0.1) is 0 Å². The number of anilines is 1. The standard InChI is InChI=1S/C13H15ClN2O4/c14-9-2-1-8(11(17)18)7-10(9)16-12(19)13(15)3-5-20-6-4-13/h1-2,7H,3-6,15H2,(H,16,19)(H,17,18). The Kier molecular flexibility index (Phi) is 4.27. The molecule has 0 spiro atoms. The van der Waals surface area contributed by atoms with Gasteiger partial charge in [0.05, 0.1) is 16.3 Å². The molecule has 20 heavy (non-hydrogen) atoms. The normalized spacial score (nSPS) is 17.5. The van der Waals surface area contributed by atoms with Gasteiger partial charge in [0.25, 0.3) is 0 Å². The summed E-state index contributed by atoms with van der Waals surface area (Å²) in [6.45, 7) is 0.847. The lowest BCUT2D eigenvalue weighted by Gasteiger charge is -2.31. The molecule has 1 aliphatic rings. The molecule has 1 saturated heterocycles. The van der Waals surface area contributed by atoms with Gasteiger partial charge in [-0.2, -0.15) is 0 Å². The van der Waals surface area contributed by atoms with Crippen molar-refractivity contribution in [1.29, 1.82) is 0 Å². The minimum absolute atomic E-state index is 0.0442. The third-order valence-electron chi connectivity index (χ3n) is 3.30. The summed E-state index contributed by atoms with van der Waals surface area (Å²) in [5.74, 6) is -1.48. The second-order valence-electron chi connectivity index (χ2n) is 4.72. The lowest BCUT2D eigenvalue weighted by molar-refractivity contribution is -0.124. The van der Waals surface area contributed by atoms with Gasteiger partial charge in [-0.3, -0.25) is 4.79 Å². The fraction of sp³-hybridized carbons (Fsp3) is 0.385. The van der Waals surface area contributed by atoms with E-state index in [0.717, 1.165) is 0 Å². The number of carboxylic acids is 1. The van der Waals surface area contributed by atoms with Crippen molar-refractivity contribution in [3.05, 3.63) is 28.8 Å². The molecule has 6 nitrogen and oxygen atoms in total. The van der Waals surface area contributed by atoms with Gasteiger partial charge in [0.15, 0.2) is 0 Å². The molecule has 0 bridgehead atoms. The van der Waals surface area contributed by atoms with Gasteiger partial charge in [0.2, 0.25) is 5.91 Å². The first kappa shape index (κ1) is 14.8. The van der Waals surface area contributed by atoms with Crippen molar-refractivity contribution in [1.82, 2.24) is 0 Å². The molecule has 0 aromatic heterocycles. The van der Waals surface area contributed by atoms with Crippen LogP contribution in [-0.4, -0.2) is 35.7 Å². The monoisotopic (exact) mass is 298 g/mol. The predicted octanol–water partition coefficient (Wildman–Crippen LogP) is 1.48. The van der Waals surface area contributed by atoms with E-state index >= 15 is 0 Å². The second-order valence-corrected chi connectivity index (χ2v) is 5.13. The first-order chi connectivity index (χ1) is 9.42. The van der Waals surface area contributed by atoms with E-state index in [2.05, 4.69) is 5.32 Å². The highest BCUT2D eigenvalue weighted by Gasteiger charge is 2.36. The average molecular weight is 299 g/mol. The SMILES string of the molecule is NC1(C(=O)Nc2cc(C(=O)O)ccc2Cl)CCOCC1. The van der Waals surface area contributed by atoms with E-state index in [0.29, 0.717) is 26.1 Å². The molecule has 108 valence electrons. The van der Waals surface area contributed by atoms with E-state index in [9.17, 15) is 9.59 Å². The average Bonchev–Trinajstić information content (AvgIpc) is 2.41. The van der Waals surface area contributed by atoms with Crippen molar-refractivity contribution in [2.45, 2.75) is 18.4 Å². The zero-order chi connectivity index (χ0) is 14.8. The molecule has 0 radical (unpaired) electrons. The van der Waals surface area contributed by atoms with Crippen LogP contribution in [0.1, 0.15) is 23.2 Å². The van der Waals surface area contributed by atoms with Crippen molar-refractivity contribution >= 4 is 29.2 Å². The number of benzene rings is 1. The number of ether oxygens (including phenoxy) is 1. The van der Waals surface area contributed by atoms with Crippen LogP contribution in [0, 0.1) is 0 Å². The van der Waals surface area contributed by atoms with Crippen molar-refractivity contribution in [3.63, 3.8) is 0 Å². The summed E-state index contributed by atoms with van der Waals surface area (Å²) in [4.78, 5) is 23.1. The van der Waals surface area contributed by atoms with Gasteiger partial charge in [0, 0.05) is 13.2 Å². The zero-order valence-electron chi connectivity index (χ0n) is 10.7. The fourth-order valence-corrected chi connectivity index (χ4v) is 2.13. The molecule has 2 rings (SSSR count). The molecular formula is C13H15ClN2O4. The second kappa shape index (κ2) is 5.78. The third-order valence-corrected chi connectivity index (χ3v) is 3.63. The van der Waals surface area contributed by atoms with Crippen LogP contribution in [0.3, 0.4) is 0 Å². The van der Waals surface area contributed by atoms with Crippen molar-refractivity contribution in [2.75, 3.05) is 18.5 Å². The Morgan fingerprint density at radius 1 is 1.35 bits per heavy atom. The molecule has 1 aromatic carbocycles. The molecule has 1 aliphatic heterocycles. The highest BCUT2D eigenvalue weighted by atomic mass is 35.5. The summed E-state index contributed by atoms with van der Waals surface area (Å²) >= 11 is 5.96. The molecule has 0 aliphatic carbocycles. The van der Waals surface area contributed by atoms with E-state index < -0.39 is 11.5 Å².